The molecular weight excluding hydrogens is 490 g/mol. The van der Waals surface area contributed by atoms with E-state index in [0.29, 0.717) is 24.1 Å². The number of sulfone groups is 1. The molecule has 0 saturated heterocycles. The van der Waals surface area contributed by atoms with Gasteiger partial charge in [0.15, 0.2) is 9.84 Å². The summed E-state index contributed by atoms with van der Waals surface area (Å²) in [6, 6.07) is 4.86. The van der Waals surface area contributed by atoms with Gasteiger partial charge in [-0.05, 0) is 71.4 Å². The lowest BCUT2D eigenvalue weighted by atomic mass is 9.86. The molecule has 1 heterocycles. The van der Waals surface area contributed by atoms with Crippen molar-refractivity contribution in [1.29, 1.82) is 0 Å². The zero-order valence-corrected chi connectivity index (χ0v) is 21.7. The topological polar surface area (TPSA) is 135 Å². The highest BCUT2D eigenvalue weighted by atomic mass is 32.2. The van der Waals surface area contributed by atoms with E-state index in [1.165, 1.54) is 17.4 Å². The van der Waals surface area contributed by atoms with E-state index in [0.717, 1.165) is 35.6 Å². The molecule has 0 spiro atoms. The molecule has 2 amide bonds. The van der Waals surface area contributed by atoms with E-state index in [1.54, 1.807) is 39.1 Å². The van der Waals surface area contributed by atoms with Crippen LogP contribution in [0.5, 0.6) is 0 Å². The highest BCUT2D eigenvalue weighted by Gasteiger charge is 2.39. The fourth-order valence-corrected chi connectivity index (χ4v) is 7.36. The number of ether oxygens (including phenoxy) is 1. The smallest absolute Gasteiger partial charge is 0.412 e. The number of carbonyl (C=O) groups is 2. The quantitative estimate of drug-likeness (QED) is 0.464. The van der Waals surface area contributed by atoms with Gasteiger partial charge >= 0.3 is 12.2 Å². The van der Waals surface area contributed by atoms with E-state index in [4.69, 9.17) is 9.84 Å². The molecule has 0 radical (unpaired) electrons. The molecule has 1 aromatic carbocycles. The SMILES string of the molecule is CC(C)(C)OC(=O)Nc1ccc(-c2cnc(C3CCC(NC(=O)O)CC3)s2)c(S(=O)(=O)C2CC2)c1. The van der Waals surface area contributed by atoms with E-state index >= 15 is 0 Å². The Morgan fingerprint density at radius 2 is 1.80 bits per heavy atom. The first-order valence-electron chi connectivity index (χ1n) is 11.8. The summed E-state index contributed by atoms with van der Waals surface area (Å²) in [6.45, 7) is 5.28. The number of anilines is 1. The maximum Gasteiger partial charge on any atom is 0.412 e. The Morgan fingerprint density at radius 1 is 1.11 bits per heavy atom. The minimum absolute atomic E-state index is 0.0384. The number of amides is 2. The predicted octanol–water partition coefficient (Wildman–Crippen LogP) is 5.39. The van der Waals surface area contributed by atoms with Crippen LogP contribution < -0.4 is 10.6 Å². The molecule has 11 heteroatoms. The summed E-state index contributed by atoms with van der Waals surface area (Å²) in [5, 5.41) is 14.6. The van der Waals surface area contributed by atoms with Gasteiger partial charge in [-0.15, -0.1) is 11.3 Å². The number of nitrogens with zero attached hydrogens (tertiary/aromatic N) is 1. The van der Waals surface area contributed by atoms with Gasteiger partial charge in [0, 0.05) is 29.4 Å². The van der Waals surface area contributed by atoms with Crippen LogP contribution in [-0.4, -0.2) is 47.6 Å². The first kappa shape index (κ1) is 25.4. The lowest BCUT2D eigenvalue weighted by Crippen LogP contribution is -2.36. The molecule has 190 valence electrons. The molecule has 0 unspecified atom stereocenters. The fourth-order valence-electron chi connectivity index (χ4n) is 4.28. The molecule has 0 atom stereocenters. The number of rotatable bonds is 6. The molecule has 2 saturated carbocycles. The van der Waals surface area contributed by atoms with E-state index < -0.39 is 32.9 Å². The van der Waals surface area contributed by atoms with E-state index in [2.05, 4.69) is 15.6 Å². The lowest BCUT2D eigenvalue weighted by Gasteiger charge is -2.27. The van der Waals surface area contributed by atoms with Crippen molar-refractivity contribution in [3.8, 4) is 10.4 Å². The van der Waals surface area contributed by atoms with Gasteiger partial charge in [0.05, 0.1) is 20.0 Å². The van der Waals surface area contributed by atoms with Crippen molar-refractivity contribution in [3.05, 3.63) is 29.4 Å². The number of benzene rings is 1. The van der Waals surface area contributed by atoms with Gasteiger partial charge in [0.1, 0.15) is 5.60 Å². The van der Waals surface area contributed by atoms with Crippen molar-refractivity contribution in [2.75, 3.05) is 5.32 Å². The third kappa shape index (κ3) is 6.32. The van der Waals surface area contributed by atoms with Gasteiger partial charge in [-0.1, -0.05) is 6.07 Å². The number of carbonyl (C=O) groups excluding carboxylic acids is 1. The van der Waals surface area contributed by atoms with Crippen molar-refractivity contribution < 1.29 is 27.9 Å². The Balaban J connectivity index is 1.57. The molecule has 0 aliphatic heterocycles. The number of hydrogen-bond acceptors (Lipinski definition) is 7. The Kier molecular flexibility index (Phi) is 7.10. The Bertz CT molecular complexity index is 1210. The summed E-state index contributed by atoms with van der Waals surface area (Å²) < 4.78 is 31.8. The Morgan fingerprint density at radius 3 is 2.40 bits per heavy atom. The summed E-state index contributed by atoms with van der Waals surface area (Å²) in [5.74, 6) is 0.220. The van der Waals surface area contributed by atoms with Crippen LogP contribution >= 0.6 is 11.3 Å². The maximum atomic E-state index is 13.3. The second kappa shape index (κ2) is 9.77. The predicted molar refractivity (Wildman–Crippen MR) is 134 cm³/mol. The minimum Gasteiger partial charge on any atom is -0.465 e. The van der Waals surface area contributed by atoms with Crippen molar-refractivity contribution in [2.24, 2.45) is 0 Å². The van der Waals surface area contributed by atoms with Crippen LogP contribution in [0.25, 0.3) is 10.4 Å². The average Bonchev–Trinajstić information content (AvgIpc) is 3.51. The molecule has 3 N–H and O–H groups in total. The normalized spacial score (nSPS) is 20.8. The van der Waals surface area contributed by atoms with Crippen LogP contribution in [0.15, 0.2) is 29.3 Å². The molecule has 2 fully saturated rings. The molecule has 9 nitrogen and oxygen atoms in total. The fraction of sp³-hybridized carbons (Fsp3) is 0.542. The Hall–Kier alpha value is -2.66. The number of hydrogen-bond donors (Lipinski definition) is 3. The minimum atomic E-state index is -3.55. The summed E-state index contributed by atoms with van der Waals surface area (Å²) in [5.41, 5.74) is 0.266. The van der Waals surface area contributed by atoms with Crippen LogP contribution in [-0.2, 0) is 14.6 Å². The van der Waals surface area contributed by atoms with Crippen LogP contribution in [0.3, 0.4) is 0 Å². The van der Waals surface area contributed by atoms with Crippen LogP contribution in [0.4, 0.5) is 15.3 Å². The summed E-state index contributed by atoms with van der Waals surface area (Å²) >= 11 is 1.47. The second-order valence-corrected chi connectivity index (χ2v) is 13.4. The van der Waals surface area contributed by atoms with Crippen LogP contribution in [0, 0.1) is 0 Å². The zero-order chi connectivity index (χ0) is 25.4. The monoisotopic (exact) mass is 521 g/mol. The van der Waals surface area contributed by atoms with Crippen molar-refractivity contribution in [1.82, 2.24) is 10.3 Å². The number of carboxylic acid groups (broad SMARTS) is 1. The number of thiazole rings is 1. The van der Waals surface area contributed by atoms with Gasteiger partial charge in [0.25, 0.3) is 0 Å². The van der Waals surface area contributed by atoms with Gasteiger partial charge < -0.3 is 15.2 Å². The lowest BCUT2D eigenvalue weighted by molar-refractivity contribution is 0.0635. The van der Waals surface area contributed by atoms with Crippen molar-refractivity contribution >= 4 is 39.0 Å². The first-order valence-corrected chi connectivity index (χ1v) is 14.1. The Labute approximate surface area is 209 Å². The molecule has 35 heavy (non-hydrogen) atoms. The maximum absolute atomic E-state index is 13.3. The highest BCUT2D eigenvalue weighted by molar-refractivity contribution is 7.92. The molecule has 4 rings (SSSR count). The summed E-state index contributed by atoms with van der Waals surface area (Å²) in [7, 11) is -3.55. The van der Waals surface area contributed by atoms with Crippen molar-refractivity contribution in [2.45, 2.75) is 87.0 Å². The molecule has 1 aromatic heterocycles. The first-order chi connectivity index (χ1) is 16.4. The summed E-state index contributed by atoms with van der Waals surface area (Å²) in [4.78, 5) is 28.7. The van der Waals surface area contributed by atoms with Crippen LogP contribution in [0.1, 0.15) is 70.2 Å². The van der Waals surface area contributed by atoms with Gasteiger partial charge in [0.2, 0.25) is 0 Å². The van der Waals surface area contributed by atoms with Crippen molar-refractivity contribution in [3.63, 3.8) is 0 Å². The van der Waals surface area contributed by atoms with Gasteiger partial charge in [-0.25, -0.2) is 23.0 Å². The zero-order valence-electron chi connectivity index (χ0n) is 20.0. The van der Waals surface area contributed by atoms with Gasteiger partial charge in [-0.3, -0.25) is 5.32 Å². The van der Waals surface area contributed by atoms with Crippen LogP contribution in [0.2, 0.25) is 0 Å². The molecule has 2 aromatic rings. The van der Waals surface area contributed by atoms with E-state index in [-0.39, 0.29) is 16.9 Å². The number of aromatic nitrogens is 1. The molecule has 2 aliphatic rings. The van der Waals surface area contributed by atoms with Gasteiger partial charge in [-0.2, -0.15) is 0 Å². The largest absolute Gasteiger partial charge is 0.465 e. The molecular formula is C24H31N3O6S2. The highest BCUT2D eigenvalue weighted by Crippen LogP contribution is 2.43. The third-order valence-electron chi connectivity index (χ3n) is 6.09. The van der Waals surface area contributed by atoms with E-state index in [9.17, 15) is 18.0 Å². The molecule has 2 aliphatic carbocycles. The summed E-state index contributed by atoms with van der Waals surface area (Å²) in [6.07, 6.45) is 4.47. The molecule has 0 bridgehead atoms. The standard InChI is InChI=1S/C24H31N3O6S2/c1-24(2,3)33-23(30)27-16-8-11-18(20(12-16)35(31,32)17-9-10-17)19-13-25-21(34-19)14-4-6-15(7-5-14)26-22(28)29/h8,11-15,17,26H,4-7,9-10H2,1-3H3,(H,27,30)(H,28,29). The van der Waals surface area contributed by atoms with E-state index in [1.807, 2.05) is 0 Å². The second-order valence-electron chi connectivity index (χ2n) is 10.1. The number of nitrogens with one attached hydrogen (secondary N) is 2. The third-order valence-corrected chi connectivity index (χ3v) is 9.58. The average molecular weight is 522 g/mol.